The van der Waals surface area contributed by atoms with Gasteiger partial charge in [-0.2, -0.15) is 0 Å². The minimum Gasteiger partial charge on any atom is -0.298 e. The molecule has 0 spiro atoms. The first-order chi connectivity index (χ1) is 14.9. The van der Waals surface area contributed by atoms with Crippen LogP contribution in [0.1, 0.15) is 40.6 Å². The van der Waals surface area contributed by atoms with Crippen LogP contribution >= 0.6 is 23.1 Å². The van der Waals surface area contributed by atoms with Crippen LogP contribution in [0, 0.1) is 0 Å². The molecule has 0 radical (unpaired) electrons. The molecular weight excluding hydrogens is 430 g/mol. The molecule has 0 atom stereocenters. The van der Waals surface area contributed by atoms with Crippen molar-refractivity contribution in [3.05, 3.63) is 70.6 Å². The first-order valence-electron chi connectivity index (χ1n) is 9.86. The molecule has 0 aliphatic carbocycles. The van der Waals surface area contributed by atoms with Gasteiger partial charge in [-0.05, 0) is 23.6 Å². The van der Waals surface area contributed by atoms with E-state index >= 15 is 0 Å². The molecule has 0 unspecified atom stereocenters. The summed E-state index contributed by atoms with van der Waals surface area (Å²) in [4.78, 5) is 43.6. The van der Waals surface area contributed by atoms with E-state index in [4.69, 9.17) is 0 Å². The van der Waals surface area contributed by atoms with Gasteiger partial charge in [0.05, 0.1) is 18.0 Å². The largest absolute Gasteiger partial charge is 0.298 e. The molecule has 1 aromatic heterocycles. The van der Waals surface area contributed by atoms with Gasteiger partial charge in [0, 0.05) is 16.0 Å². The van der Waals surface area contributed by atoms with Crippen molar-refractivity contribution < 1.29 is 14.4 Å². The number of carbonyl (C=O) groups is 3. The number of imide groups is 1. The Balaban J connectivity index is 1.54. The fraction of sp³-hybridized carbons (Fsp3) is 0.217. The van der Waals surface area contributed by atoms with E-state index in [9.17, 15) is 14.4 Å². The van der Waals surface area contributed by atoms with E-state index in [1.807, 2.05) is 30.3 Å². The summed E-state index contributed by atoms with van der Waals surface area (Å²) in [6.07, 6.45) is 0. The summed E-state index contributed by atoms with van der Waals surface area (Å²) in [7, 11) is 0. The number of benzene rings is 2. The molecule has 0 bridgehead atoms. The number of nitrogens with zero attached hydrogens (tertiary/aromatic N) is 2. The Bertz CT molecular complexity index is 1130. The van der Waals surface area contributed by atoms with Crippen molar-refractivity contribution in [1.82, 2.24) is 9.88 Å². The highest BCUT2D eigenvalue weighted by Crippen LogP contribution is 2.36. The Morgan fingerprint density at radius 3 is 2.58 bits per heavy atom. The maximum Gasteiger partial charge on any atom is 0.289 e. The number of amides is 3. The highest BCUT2D eigenvalue weighted by Gasteiger charge is 2.29. The molecular formula is C23H21N3O3S2. The maximum atomic E-state index is 12.9. The maximum absolute atomic E-state index is 12.9. The van der Waals surface area contributed by atoms with Crippen LogP contribution in [0.15, 0.2) is 54.6 Å². The van der Waals surface area contributed by atoms with Crippen molar-refractivity contribution in [2.75, 3.05) is 11.1 Å². The van der Waals surface area contributed by atoms with E-state index in [0.29, 0.717) is 10.7 Å². The fourth-order valence-electron chi connectivity index (χ4n) is 3.28. The number of nitrogens with one attached hydrogen (secondary N) is 1. The smallest absolute Gasteiger partial charge is 0.289 e. The molecule has 4 rings (SSSR count). The van der Waals surface area contributed by atoms with Gasteiger partial charge < -0.3 is 0 Å². The third-order valence-electron chi connectivity index (χ3n) is 4.82. The Kier molecular flexibility index (Phi) is 6.20. The predicted molar refractivity (Wildman–Crippen MR) is 124 cm³/mol. The van der Waals surface area contributed by atoms with Crippen LogP contribution in [-0.2, 0) is 11.3 Å². The number of hydrogen-bond acceptors (Lipinski definition) is 6. The third-order valence-corrected chi connectivity index (χ3v) is 6.95. The number of aromatic nitrogens is 1. The van der Waals surface area contributed by atoms with Gasteiger partial charge in [-0.1, -0.05) is 68.1 Å². The third kappa shape index (κ3) is 4.70. The Morgan fingerprint density at radius 1 is 1.13 bits per heavy atom. The van der Waals surface area contributed by atoms with Crippen LogP contribution in [0.3, 0.4) is 0 Å². The quantitative estimate of drug-likeness (QED) is 0.544. The number of rotatable bonds is 6. The number of hydrogen-bond donors (Lipinski definition) is 1. The molecule has 31 heavy (non-hydrogen) atoms. The molecule has 3 amide bonds. The minimum atomic E-state index is -0.279. The van der Waals surface area contributed by atoms with Gasteiger partial charge in [0.2, 0.25) is 5.91 Å². The zero-order valence-corrected chi connectivity index (χ0v) is 18.8. The van der Waals surface area contributed by atoms with E-state index in [1.165, 1.54) is 16.2 Å². The van der Waals surface area contributed by atoms with Gasteiger partial charge in [0.25, 0.3) is 11.1 Å². The summed E-state index contributed by atoms with van der Waals surface area (Å²) >= 11 is 2.47. The Labute approximate surface area is 188 Å². The molecule has 6 nitrogen and oxygen atoms in total. The lowest BCUT2D eigenvalue weighted by molar-refractivity contribution is -0.125. The molecule has 3 aromatic rings. The van der Waals surface area contributed by atoms with Gasteiger partial charge in [-0.3, -0.25) is 24.6 Å². The molecule has 1 aliphatic rings. The molecule has 158 valence electrons. The van der Waals surface area contributed by atoms with Crippen LogP contribution in [0.4, 0.5) is 9.93 Å². The van der Waals surface area contributed by atoms with E-state index in [-0.39, 0.29) is 35.3 Å². The number of carbonyl (C=O) groups excluding carboxylic acids is 3. The predicted octanol–water partition coefficient (Wildman–Crippen LogP) is 5.38. The van der Waals surface area contributed by atoms with E-state index < -0.39 is 0 Å². The molecule has 8 heteroatoms. The molecule has 1 fully saturated rings. The monoisotopic (exact) mass is 451 g/mol. The average Bonchev–Trinajstić information content (AvgIpc) is 3.33. The number of thioether (sulfide) groups is 1. The highest BCUT2D eigenvalue weighted by atomic mass is 32.2. The second-order valence-electron chi connectivity index (χ2n) is 7.44. The van der Waals surface area contributed by atoms with Crippen molar-refractivity contribution in [2.45, 2.75) is 26.3 Å². The SMILES string of the molecule is CC(C)c1sc(NC(=O)c2cccc(CN3C(=O)CSC3=O)c2)nc1-c1ccccc1. The van der Waals surface area contributed by atoms with Crippen molar-refractivity contribution >= 4 is 45.3 Å². The van der Waals surface area contributed by atoms with Gasteiger partial charge in [0.15, 0.2) is 5.13 Å². The second kappa shape index (κ2) is 9.03. The van der Waals surface area contributed by atoms with Crippen LogP contribution in [0.2, 0.25) is 0 Å². The lowest BCUT2D eigenvalue weighted by Gasteiger charge is -2.13. The summed E-state index contributed by atoms with van der Waals surface area (Å²) < 4.78 is 0. The van der Waals surface area contributed by atoms with Crippen LogP contribution < -0.4 is 5.32 Å². The molecule has 2 heterocycles. The minimum absolute atomic E-state index is 0.165. The average molecular weight is 452 g/mol. The van der Waals surface area contributed by atoms with E-state index in [2.05, 4.69) is 24.1 Å². The van der Waals surface area contributed by atoms with Crippen molar-refractivity contribution in [2.24, 2.45) is 0 Å². The Morgan fingerprint density at radius 2 is 1.90 bits per heavy atom. The topological polar surface area (TPSA) is 79.4 Å². The van der Waals surface area contributed by atoms with Gasteiger partial charge in [0.1, 0.15) is 0 Å². The molecule has 1 aliphatic heterocycles. The summed E-state index contributed by atoms with van der Waals surface area (Å²) in [6.45, 7) is 4.38. The van der Waals surface area contributed by atoms with Crippen molar-refractivity contribution in [3.8, 4) is 11.3 Å². The molecule has 2 aromatic carbocycles. The highest BCUT2D eigenvalue weighted by molar-refractivity contribution is 8.14. The zero-order chi connectivity index (χ0) is 22.0. The second-order valence-corrected chi connectivity index (χ2v) is 9.40. The van der Waals surface area contributed by atoms with Crippen LogP contribution in [0.25, 0.3) is 11.3 Å². The van der Waals surface area contributed by atoms with Crippen LogP contribution in [0.5, 0.6) is 0 Å². The van der Waals surface area contributed by atoms with E-state index in [0.717, 1.165) is 33.5 Å². The normalized spacial score (nSPS) is 13.8. The lowest BCUT2D eigenvalue weighted by atomic mass is 10.1. The van der Waals surface area contributed by atoms with E-state index in [1.54, 1.807) is 24.3 Å². The van der Waals surface area contributed by atoms with Gasteiger partial charge in [-0.15, -0.1) is 11.3 Å². The number of thiazole rings is 1. The summed E-state index contributed by atoms with van der Waals surface area (Å²) in [6, 6.07) is 16.9. The molecule has 0 saturated carbocycles. The standard InChI is InChI=1S/C23H21N3O3S2/c1-14(2)20-19(16-8-4-3-5-9-16)24-22(31-20)25-21(28)17-10-6-7-15(11-17)12-26-18(27)13-30-23(26)29/h3-11,14H,12-13H2,1-2H3,(H,24,25,28). The first kappa shape index (κ1) is 21.3. The van der Waals surface area contributed by atoms with Gasteiger partial charge in [-0.25, -0.2) is 4.98 Å². The zero-order valence-electron chi connectivity index (χ0n) is 17.1. The summed E-state index contributed by atoms with van der Waals surface area (Å²) in [5, 5.41) is 3.19. The summed E-state index contributed by atoms with van der Waals surface area (Å²) in [5.41, 5.74) is 3.08. The van der Waals surface area contributed by atoms with Crippen molar-refractivity contribution in [3.63, 3.8) is 0 Å². The molecule has 1 N–H and O–H groups in total. The lowest BCUT2D eigenvalue weighted by Crippen LogP contribution is -2.28. The van der Waals surface area contributed by atoms with Crippen molar-refractivity contribution in [1.29, 1.82) is 0 Å². The van der Waals surface area contributed by atoms with Gasteiger partial charge >= 0.3 is 0 Å². The first-order valence-corrected chi connectivity index (χ1v) is 11.7. The Hall–Kier alpha value is -2.97. The molecule has 1 saturated heterocycles. The van der Waals surface area contributed by atoms with Crippen LogP contribution in [-0.4, -0.2) is 32.7 Å². The summed E-state index contributed by atoms with van der Waals surface area (Å²) in [5.74, 6) is -0.0401. The number of anilines is 1. The fourth-order valence-corrected chi connectivity index (χ4v) is 4.99.